The molecular weight excluding hydrogens is 77.5 g/mol. The highest BCUT2D eigenvalue weighted by atomic mass is 35.5. The van der Waals surface area contributed by atoms with Crippen LogP contribution < -0.4 is 5.73 Å². The molecule has 4 heavy (non-hydrogen) atoms. The minimum absolute atomic E-state index is 1.19. The van der Waals surface area contributed by atoms with E-state index in [1.807, 2.05) is 0 Å². The second kappa shape index (κ2) is 1.52. The lowest BCUT2D eigenvalue weighted by Gasteiger charge is -1.78. The highest BCUT2D eigenvalue weighted by Crippen LogP contribution is 1.68. The minimum Gasteiger partial charge on any atom is -0.365 e. The average molecular weight is 81.5 g/mol. The number of nitrogens with two attached hydrogens (primary N) is 1. The second-order valence-corrected chi connectivity index (χ2v) is 0.820. The van der Waals surface area contributed by atoms with Crippen LogP contribution in [0.1, 0.15) is 0 Å². The predicted molar refractivity (Wildman–Crippen MR) is 16.0 cm³/mol. The summed E-state index contributed by atoms with van der Waals surface area (Å²) in [6.07, 6.45) is 0. The summed E-state index contributed by atoms with van der Waals surface area (Å²) in [5, 5.41) is 7.60. The van der Waals surface area contributed by atoms with Gasteiger partial charge in [0.15, 0.2) is 5.69 Å². The molecule has 0 aromatic heterocycles. The molecule has 0 bridgehead atoms. The Morgan fingerprint density at radius 1 is 2.00 bits per heavy atom. The maximum absolute atomic E-state index is 7.60. The number of hydrogen-bond donors (Lipinski definition) is 2. The van der Waals surface area contributed by atoms with Crippen LogP contribution in [0.4, 0.5) is 0 Å². The standard InChI is InChI=1S/CH4ClNO/c2-1(3)4/h1,4H,3H2. The van der Waals surface area contributed by atoms with Gasteiger partial charge in [0.1, 0.15) is 0 Å². The van der Waals surface area contributed by atoms with Crippen molar-refractivity contribution in [3.05, 3.63) is 0 Å². The summed E-state index contributed by atoms with van der Waals surface area (Å²) in [5.41, 5.74) is 3.24. The van der Waals surface area contributed by atoms with Gasteiger partial charge in [-0.1, -0.05) is 11.6 Å². The maximum atomic E-state index is 7.60. The molecule has 1 atom stereocenters. The van der Waals surface area contributed by atoms with Crippen molar-refractivity contribution in [1.82, 2.24) is 0 Å². The SMILES string of the molecule is NC(O)Cl. The Labute approximate surface area is 29.2 Å². The van der Waals surface area contributed by atoms with Crippen LogP contribution in [0.25, 0.3) is 0 Å². The van der Waals surface area contributed by atoms with E-state index in [4.69, 9.17) is 5.11 Å². The molecule has 0 aliphatic carbocycles. The van der Waals surface area contributed by atoms with Crippen LogP contribution >= 0.6 is 11.6 Å². The van der Waals surface area contributed by atoms with E-state index in [1.165, 1.54) is 0 Å². The Balaban J connectivity index is 2.32. The van der Waals surface area contributed by atoms with Crippen LogP contribution in [0, 0.1) is 0 Å². The number of alkyl halides is 1. The molecule has 1 unspecified atom stereocenters. The largest absolute Gasteiger partial charge is 0.365 e. The topological polar surface area (TPSA) is 46.2 Å². The van der Waals surface area contributed by atoms with E-state index in [0.717, 1.165) is 0 Å². The van der Waals surface area contributed by atoms with Crippen LogP contribution in [0.2, 0.25) is 0 Å². The Morgan fingerprint density at radius 3 is 2.00 bits per heavy atom. The smallest absolute Gasteiger partial charge is 0.180 e. The van der Waals surface area contributed by atoms with Crippen LogP contribution in [0.3, 0.4) is 0 Å². The number of halogens is 1. The molecule has 0 fully saturated rings. The first kappa shape index (κ1) is 4.21. The van der Waals surface area contributed by atoms with Crippen molar-refractivity contribution in [3.63, 3.8) is 0 Å². The van der Waals surface area contributed by atoms with Crippen molar-refractivity contribution in [1.29, 1.82) is 0 Å². The molecule has 0 amide bonds. The third kappa shape index (κ3) is 73.4. The number of aliphatic hydroxyl groups is 1. The molecule has 0 rings (SSSR count). The van der Waals surface area contributed by atoms with Gasteiger partial charge in [-0.3, -0.25) is 5.73 Å². The number of aliphatic hydroxyl groups excluding tert-OH is 1. The first-order valence-corrected chi connectivity index (χ1v) is 1.25. The summed E-state index contributed by atoms with van der Waals surface area (Å²) in [4.78, 5) is 0. The first-order chi connectivity index (χ1) is 1.73. The van der Waals surface area contributed by atoms with Crippen molar-refractivity contribution in [2.24, 2.45) is 5.73 Å². The predicted octanol–water partition coefficient (Wildman–Crippen LogP) is -0.540. The fourth-order valence-electron chi connectivity index (χ4n) is 0. The molecule has 2 nitrogen and oxygen atoms in total. The van der Waals surface area contributed by atoms with Crippen molar-refractivity contribution >= 4 is 11.6 Å². The fraction of sp³-hybridized carbons (Fsp3) is 1.00. The van der Waals surface area contributed by atoms with Crippen LogP contribution in [-0.2, 0) is 0 Å². The number of hydrogen-bond acceptors (Lipinski definition) is 2. The normalized spacial score (nSPS) is 15.8. The minimum atomic E-state index is -1.19. The molecule has 0 radical (unpaired) electrons. The molecule has 0 aromatic carbocycles. The van der Waals surface area contributed by atoms with Gasteiger partial charge in [-0.25, -0.2) is 0 Å². The zero-order valence-corrected chi connectivity index (χ0v) is 2.74. The van der Waals surface area contributed by atoms with Gasteiger partial charge in [0.05, 0.1) is 0 Å². The van der Waals surface area contributed by atoms with Crippen LogP contribution in [0.5, 0.6) is 0 Å². The summed E-state index contributed by atoms with van der Waals surface area (Å²) < 4.78 is 0. The lowest BCUT2D eigenvalue weighted by molar-refractivity contribution is 0.265. The highest BCUT2D eigenvalue weighted by molar-refractivity contribution is 6.19. The lowest BCUT2D eigenvalue weighted by Crippen LogP contribution is -2.07. The van der Waals surface area contributed by atoms with Crippen molar-refractivity contribution in [2.75, 3.05) is 0 Å². The molecule has 0 aromatic rings. The Kier molecular flexibility index (Phi) is 1.60. The van der Waals surface area contributed by atoms with Gasteiger partial charge in [-0.05, 0) is 0 Å². The first-order valence-electron chi connectivity index (χ1n) is 0.810. The van der Waals surface area contributed by atoms with Crippen LogP contribution in [-0.4, -0.2) is 10.8 Å². The van der Waals surface area contributed by atoms with E-state index in [2.05, 4.69) is 17.3 Å². The summed E-state index contributed by atoms with van der Waals surface area (Å²) in [6.45, 7) is 0. The van der Waals surface area contributed by atoms with E-state index < -0.39 is 5.69 Å². The van der Waals surface area contributed by atoms with E-state index in [-0.39, 0.29) is 0 Å². The molecule has 26 valence electrons. The van der Waals surface area contributed by atoms with Gasteiger partial charge < -0.3 is 5.11 Å². The third-order valence-corrected chi connectivity index (χ3v) is 0. The van der Waals surface area contributed by atoms with Crippen molar-refractivity contribution < 1.29 is 5.11 Å². The van der Waals surface area contributed by atoms with Crippen molar-refractivity contribution in [3.8, 4) is 0 Å². The third-order valence-electron chi connectivity index (χ3n) is 0. The molecular formula is CH4ClNO. The molecule has 0 heterocycles. The molecule has 0 aliphatic rings. The van der Waals surface area contributed by atoms with E-state index in [1.54, 1.807) is 0 Å². The molecule has 3 N–H and O–H groups in total. The Bertz CT molecular complexity index is 12.8. The van der Waals surface area contributed by atoms with Gasteiger partial charge in [0, 0.05) is 0 Å². The Hall–Kier alpha value is 0.210. The van der Waals surface area contributed by atoms with E-state index in [0.29, 0.717) is 0 Å². The zero-order chi connectivity index (χ0) is 3.58. The van der Waals surface area contributed by atoms with Gasteiger partial charge in [-0.15, -0.1) is 0 Å². The summed E-state index contributed by atoms with van der Waals surface area (Å²) >= 11 is 4.61. The zero-order valence-electron chi connectivity index (χ0n) is 1.98. The average Bonchev–Trinajstić information content (AvgIpc) is 0.811. The van der Waals surface area contributed by atoms with Crippen LogP contribution in [0.15, 0.2) is 0 Å². The monoisotopic (exact) mass is 81.0 g/mol. The maximum Gasteiger partial charge on any atom is 0.180 e. The summed E-state index contributed by atoms with van der Waals surface area (Å²) in [5.74, 6) is 0. The molecule has 0 aliphatic heterocycles. The van der Waals surface area contributed by atoms with E-state index >= 15 is 0 Å². The fourth-order valence-corrected chi connectivity index (χ4v) is 0. The molecule has 0 saturated carbocycles. The molecule has 3 heteroatoms. The van der Waals surface area contributed by atoms with Gasteiger partial charge in [0.2, 0.25) is 0 Å². The van der Waals surface area contributed by atoms with Crippen molar-refractivity contribution in [2.45, 2.75) is 5.69 Å². The summed E-state index contributed by atoms with van der Waals surface area (Å²) in [7, 11) is 0. The van der Waals surface area contributed by atoms with E-state index in [9.17, 15) is 0 Å². The van der Waals surface area contributed by atoms with Gasteiger partial charge in [0.25, 0.3) is 0 Å². The van der Waals surface area contributed by atoms with Gasteiger partial charge >= 0.3 is 0 Å². The molecule has 0 spiro atoms. The number of rotatable bonds is 0. The Morgan fingerprint density at radius 2 is 2.00 bits per heavy atom. The highest BCUT2D eigenvalue weighted by Gasteiger charge is 1.72. The quantitative estimate of drug-likeness (QED) is 0.234. The summed E-state index contributed by atoms with van der Waals surface area (Å²) in [6, 6.07) is 0. The second-order valence-electron chi connectivity index (χ2n) is 0.373. The molecule has 0 saturated heterocycles. The lowest BCUT2D eigenvalue weighted by atomic mass is 11.4. The van der Waals surface area contributed by atoms with Gasteiger partial charge in [-0.2, -0.15) is 0 Å².